The van der Waals surface area contributed by atoms with E-state index in [-0.39, 0.29) is 24.0 Å². The number of hydrazine groups is 1. The van der Waals surface area contributed by atoms with E-state index >= 15 is 0 Å². The molecule has 186 valence electrons. The van der Waals surface area contributed by atoms with Crippen LogP contribution in [0.2, 0.25) is 0 Å². The smallest absolute Gasteiger partial charge is 0.266 e. The summed E-state index contributed by atoms with van der Waals surface area (Å²) in [6, 6.07) is 14.7. The summed E-state index contributed by atoms with van der Waals surface area (Å²) in [6.07, 6.45) is 2.27. The molecule has 3 amide bonds. The number of ether oxygens (including phenoxy) is 1. The van der Waals surface area contributed by atoms with Gasteiger partial charge in [-0.2, -0.15) is 0 Å². The molecular formula is C24H22N4O5S3. The van der Waals surface area contributed by atoms with Gasteiger partial charge in [0.2, 0.25) is 11.8 Å². The maximum atomic E-state index is 12.8. The Morgan fingerprint density at radius 1 is 1.19 bits per heavy atom. The van der Waals surface area contributed by atoms with Crippen molar-refractivity contribution in [2.75, 3.05) is 19.4 Å². The minimum atomic E-state index is -0.393. The zero-order valence-corrected chi connectivity index (χ0v) is 21.6. The Hall–Kier alpha value is -3.35. The van der Waals surface area contributed by atoms with Gasteiger partial charge in [-0.15, -0.1) is 0 Å². The fourth-order valence-corrected chi connectivity index (χ4v) is 5.20. The number of benzene rings is 2. The number of nitrogens with zero attached hydrogens (tertiary/aromatic N) is 2. The highest BCUT2D eigenvalue weighted by atomic mass is 32.2. The Balaban J connectivity index is 1.18. The van der Waals surface area contributed by atoms with Gasteiger partial charge in [-0.25, -0.2) is 4.98 Å². The monoisotopic (exact) mass is 542 g/mol. The zero-order valence-electron chi connectivity index (χ0n) is 19.2. The summed E-state index contributed by atoms with van der Waals surface area (Å²) in [5, 5.41) is 0.376. The van der Waals surface area contributed by atoms with Crippen molar-refractivity contribution < 1.29 is 23.5 Å². The predicted octanol–water partition coefficient (Wildman–Crippen LogP) is 3.76. The van der Waals surface area contributed by atoms with Gasteiger partial charge in [0, 0.05) is 13.0 Å². The van der Waals surface area contributed by atoms with Crippen LogP contribution in [0.25, 0.3) is 17.2 Å². The number of thiocarbonyl (C=S) groups is 1. The van der Waals surface area contributed by atoms with E-state index in [0.717, 1.165) is 17.3 Å². The Labute approximate surface area is 221 Å². The van der Waals surface area contributed by atoms with Crippen LogP contribution in [0, 0.1) is 0 Å². The van der Waals surface area contributed by atoms with E-state index in [2.05, 4.69) is 15.8 Å². The fraction of sp³-hybridized carbons (Fsp3) is 0.208. The van der Waals surface area contributed by atoms with Crippen LogP contribution >= 0.6 is 35.7 Å². The van der Waals surface area contributed by atoms with E-state index in [1.54, 1.807) is 19.3 Å². The van der Waals surface area contributed by atoms with Gasteiger partial charge in [0.05, 0.1) is 17.8 Å². The Bertz CT molecular complexity index is 1310. The molecule has 12 heteroatoms. The van der Waals surface area contributed by atoms with E-state index in [1.807, 2.05) is 42.5 Å². The molecule has 36 heavy (non-hydrogen) atoms. The summed E-state index contributed by atoms with van der Waals surface area (Å²) < 4.78 is 11.2. The number of carbonyl (C=O) groups excluding carboxylic acids is 3. The average molecular weight is 543 g/mol. The highest BCUT2D eigenvalue weighted by molar-refractivity contribution is 8.26. The average Bonchev–Trinajstić information content (AvgIpc) is 3.42. The highest BCUT2D eigenvalue weighted by Crippen LogP contribution is 2.33. The molecule has 1 saturated heterocycles. The van der Waals surface area contributed by atoms with Crippen molar-refractivity contribution >= 4 is 75.0 Å². The molecule has 1 aliphatic rings. The largest absolute Gasteiger partial charge is 0.497 e. The quantitative estimate of drug-likeness (QED) is 0.181. The molecule has 9 nitrogen and oxygen atoms in total. The van der Waals surface area contributed by atoms with Crippen LogP contribution in [0.15, 0.2) is 63.1 Å². The van der Waals surface area contributed by atoms with Crippen LogP contribution in [0.4, 0.5) is 0 Å². The third-order valence-corrected chi connectivity index (χ3v) is 7.20. The molecule has 0 bridgehead atoms. The summed E-state index contributed by atoms with van der Waals surface area (Å²) >= 11 is 7.70. The Morgan fingerprint density at radius 2 is 2.00 bits per heavy atom. The summed E-state index contributed by atoms with van der Waals surface area (Å²) in [6.45, 7) is 0.301. The fourth-order valence-electron chi connectivity index (χ4n) is 3.25. The molecule has 0 aliphatic carbocycles. The van der Waals surface area contributed by atoms with E-state index in [9.17, 15) is 14.4 Å². The van der Waals surface area contributed by atoms with Crippen LogP contribution in [0.5, 0.6) is 5.75 Å². The lowest BCUT2D eigenvalue weighted by Gasteiger charge is -2.14. The number of carbonyl (C=O) groups is 3. The number of oxazole rings is 1. The summed E-state index contributed by atoms with van der Waals surface area (Å²) in [7, 11) is 1.58. The number of rotatable bonds is 9. The van der Waals surface area contributed by atoms with Gasteiger partial charge in [0.1, 0.15) is 15.6 Å². The molecule has 4 rings (SSSR count). The lowest BCUT2D eigenvalue weighted by Crippen LogP contribution is -2.42. The van der Waals surface area contributed by atoms with Crippen LogP contribution in [0.1, 0.15) is 18.4 Å². The van der Waals surface area contributed by atoms with Crippen molar-refractivity contribution in [1.29, 1.82) is 0 Å². The maximum Gasteiger partial charge on any atom is 0.266 e. The first kappa shape index (κ1) is 25.7. The molecule has 1 aliphatic heterocycles. The number of hydrogen-bond donors (Lipinski definition) is 2. The standard InChI is InChI=1S/C24H22N4O5S3/c1-32-16-7-4-6-15(12-16)13-19-22(31)28(24(34)36-19)11-5-10-20(29)26-27-21(30)14-35-23-25-17-8-2-3-9-18(17)33-23/h2-4,6-9,12-13H,5,10-11,14H2,1H3,(H,26,29)(H,27,30). The van der Waals surface area contributed by atoms with Crippen LogP contribution in [0.3, 0.4) is 0 Å². The van der Waals surface area contributed by atoms with Gasteiger partial charge < -0.3 is 9.15 Å². The SMILES string of the molecule is COc1cccc(C=C2SC(=S)N(CCCC(=O)NNC(=O)CSc3nc4ccccc4o3)C2=O)c1. The molecule has 3 aromatic rings. The topological polar surface area (TPSA) is 114 Å². The number of methoxy groups -OCH3 is 1. The minimum absolute atomic E-state index is 0.0310. The number of aromatic nitrogens is 1. The third-order valence-electron chi connectivity index (χ3n) is 4.99. The van der Waals surface area contributed by atoms with Gasteiger partial charge in [-0.1, -0.05) is 60.0 Å². The predicted molar refractivity (Wildman–Crippen MR) is 143 cm³/mol. The van der Waals surface area contributed by atoms with Crippen LogP contribution < -0.4 is 15.6 Å². The molecule has 1 fully saturated rings. The van der Waals surface area contributed by atoms with Crippen molar-refractivity contribution in [3.8, 4) is 5.75 Å². The molecule has 2 N–H and O–H groups in total. The molecule has 2 heterocycles. The number of thioether (sulfide) groups is 2. The van der Waals surface area contributed by atoms with Gasteiger partial charge in [-0.05, 0) is 42.3 Å². The second kappa shape index (κ2) is 12.1. The van der Waals surface area contributed by atoms with Crippen molar-refractivity contribution in [2.45, 2.75) is 18.1 Å². The molecule has 1 aromatic heterocycles. The van der Waals surface area contributed by atoms with Gasteiger partial charge in [0.15, 0.2) is 5.58 Å². The van der Waals surface area contributed by atoms with E-state index in [4.69, 9.17) is 21.4 Å². The second-order valence-corrected chi connectivity index (χ2v) is 10.1. The van der Waals surface area contributed by atoms with E-state index < -0.39 is 5.91 Å². The number of para-hydroxylation sites is 2. The lowest BCUT2D eigenvalue weighted by atomic mass is 10.2. The molecular weight excluding hydrogens is 520 g/mol. The molecule has 0 radical (unpaired) electrons. The molecule has 0 unspecified atom stereocenters. The summed E-state index contributed by atoms with van der Waals surface area (Å²) in [5.74, 6) is -0.230. The van der Waals surface area contributed by atoms with E-state index in [1.165, 1.54) is 16.7 Å². The minimum Gasteiger partial charge on any atom is -0.497 e. The number of hydrogen-bond acceptors (Lipinski definition) is 9. The van der Waals surface area contributed by atoms with Gasteiger partial charge >= 0.3 is 0 Å². The zero-order chi connectivity index (χ0) is 25.5. The number of nitrogens with one attached hydrogen (secondary N) is 2. The van der Waals surface area contributed by atoms with Crippen LogP contribution in [-0.2, 0) is 14.4 Å². The van der Waals surface area contributed by atoms with Gasteiger partial charge in [-0.3, -0.25) is 30.1 Å². The lowest BCUT2D eigenvalue weighted by molar-refractivity contribution is -0.128. The van der Waals surface area contributed by atoms with Crippen molar-refractivity contribution in [2.24, 2.45) is 0 Å². The van der Waals surface area contributed by atoms with E-state index in [0.29, 0.717) is 44.3 Å². The normalized spacial score (nSPS) is 14.5. The van der Waals surface area contributed by atoms with Crippen LogP contribution in [-0.4, -0.2) is 51.3 Å². The second-order valence-electron chi connectivity index (χ2n) is 7.55. The first-order valence-corrected chi connectivity index (χ1v) is 13.1. The molecule has 2 aromatic carbocycles. The highest BCUT2D eigenvalue weighted by Gasteiger charge is 2.31. The van der Waals surface area contributed by atoms with Crippen molar-refractivity contribution in [3.63, 3.8) is 0 Å². The Morgan fingerprint density at radius 3 is 2.81 bits per heavy atom. The summed E-state index contributed by atoms with van der Waals surface area (Å²) in [4.78, 5) is 43.2. The molecule has 0 spiro atoms. The van der Waals surface area contributed by atoms with Crippen molar-refractivity contribution in [3.05, 3.63) is 59.0 Å². The first-order valence-electron chi connectivity index (χ1n) is 10.9. The summed E-state index contributed by atoms with van der Waals surface area (Å²) in [5.41, 5.74) is 6.94. The first-order chi connectivity index (χ1) is 17.4. The van der Waals surface area contributed by atoms with Crippen molar-refractivity contribution in [1.82, 2.24) is 20.7 Å². The molecule has 0 saturated carbocycles. The van der Waals surface area contributed by atoms with Gasteiger partial charge in [0.25, 0.3) is 11.1 Å². The Kier molecular flexibility index (Phi) is 8.62. The third kappa shape index (κ3) is 6.65. The maximum absolute atomic E-state index is 12.8. The number of fused-ring (bicyclic) bond motifs is 1. The number of amides is 3. The molecule has 0 atom stereocenters.